The molecule has 2 N–H and O–H groups in total. The highest BCUT2D eigenvalue weighted by atomic mass is 32.2. The third kappa shape index (κ3) is 5.34. The summed E-state index contributed by atoms with van der Waals surface area (Å²) < 4.78 is 32.7. The van der Waals surface area contributed by atoms with E-state index in [4.69, 9.17) is 14.1 Å². The van der Waals surface area contributed by atoms with Crippen LogP contribution in [0.25, 0.3) is 12.2 Å². The molecule has 0 radical (unpaired) electrons. The van der Waals surface area contributed by atoms with Crippen molar-refractivity contribution in [3.05, 3.63) is 58.1 Å². The first kappa shape index (κ1) is 19.0. The molecule has 134 valence electrons. The zero-order valence-corrected chi connectivity index (χ0v) is 15.7. The maximum Gasteiger partial charge on any atom is 0.380 e. The van der Waals surface area contributed by atoms with E-state index in [0.29, 0.717) is 12.4 Å². The average molecular weight is 361 g/mol. The quantitative estimate of drug-likeness (QED) is 0.795. The van der Waals surface area contributed by atoms with E-state index in [9.17, 15) is 8.42 Å². The SMILES string of the molecule is CCOc1ccc(/C=C/c2cc(C)c(C)c(C)c2)cc1OS(N)(=O)=O. The van der Waals surface area contributed by atoms with Crippen LogP contribution < -0.4 is 14.1 Å². The summed E-state index contributed by atoms with van der Waals surface area (Å²) in [5, 5.41) is 4.97. The van der Waals surface area contributed by atoms with E-state index in [1.807, 2.05) is 18.2 Å². The first-order chi connectivity index (χ1) is 11.7. The van der Waals surface area contributed by atoms with E-state index in [0.717, 1.165) is 11.1 Å². The van der Waals surface area contributed by atoms with Crippen LogP contribution in [0.5, 0.6) is 11.5 Å². The zero-order chi connectivity index (χ0) is 18.6. The fraction of sp³-hybridized carbons (Fsp3) is 0.263. The van der Waals surface area contributed by atoms with Gasteiger partial charge in [0.25, 0.3) is 0 Å². The van der Waals surface area contributed by atoms with Crippen LogP contribution in [-0.4, -0.2) is 15.0 Å². The summed E-state index contributed by atoms with van der Waals surface area (Å²) >= 11 is 0. The second-order valence-corrected chi connectivity index (χ2v) is 6.98. The van der Waals surface area contributed by atoms with Gasteiger partial charge in [0.15, 0.2) is 11.5 Å². The lowest BCUT2D eigenvalue weighted by Crippen LogP contribution is -2.19. The molecule has 0 aliphatic carbocycles. The Morgan fingerprint density at radius 1 is 0.960 bits per heavy atom. The lowest BCUT2D eigenvalue weighted by Gasteiger charge is -2.10. The minimum Gasteiger partial charge on any atom is -0.490 e. The van der Waals surface area contributed by atoms with E-state index in [1.165, 1.54) is 16.7 Å². The molecule has 0 atom stereocenters. The fourth-order valence-corrected chi connectivity index (χ4v) is 2.83. The lowest BCUT2D eigenvalue weighted by atomic mass is 10.00. The molecule has 6 heteroatoms. The molecule has 0 aliphatic heterocycles. The predicted octanol–water partition coefficient (Wildman–Crippen LogP) is 3.76. The number of hydrogen-bond acceptors (Lipinski definition) is 4. The average Bonchev–Trinajstić information content (AvgIpc) is 2.51. The second-order valence-electron chi connectivity index (χ2n) is 5.83. The Morgan fingerprint density at radius 3 is 2.12 bits per heavy atom. The summed E-state index contributed by atoms with van der Waals surface area (Å²) in [6, 6.07) is 9.28. The fourth-order valence-electron chi connectivity index (χ4n) is 2.45. The largest absolute Gasteiger partial charge is 0.490 e. The Kier molecular flexibility index (Phi) is 5.87. The van der Waals surface area contributed by atoms with E-state index in [2.05, 4.69) is 32.9 Å². The molecule has 2 rings (SSSR count). The highest BCUT2D eigenvalue weighted by molar-refractivity contribution is 7.84. The van der Waals surface area contributed by atoms with Crippen LogP contribution in [0.15, 0.2) is 30.3 Å². The molecular formula is C19H23NO4S. The summed E-state index contributed by atoms with van der Waals surface area (Å²) in [6.07, 6.45) is 3.85. The second kappa shape index (κ2) is 7.72. The van der Waals surface area contributed by atoms with Gasteiger partial charge in [-0.2, -0.15) is 13.6 Å². The van der Waals surface area contributed by atoms with Crippen molar-refractivity contribution >= 4 is 22.5 Å². The molecule has 0 aliphatic rings. The summed E-state index contributed by atoms with van der Waals surface area (Å²) in [5.41, 5.74) is 5.58. The van der Waals surface area contributed by atoms with Gasteiger partial charge in [-0.25, -0.2) is 0 Å². The summed E-state index contributed by atoms with van der Waals surface area (Å²) in [6.45, 7) is 8.44. The van der Waals surface area contributed by atoms with E-state index in [1.54, 1.807) is 19.1 Å². The summed E-state index contributed by atoms with van der Waals surface area (Å²) in [4.78, 5) is 0. The van der Waals surface area contributed by atoms with Crippen molar-refractivity contribution in [3.8, 4) is 11.5 Å². The van der Waals surface area contributed by atoms with E-state index >= 15 is 0 Å². The molecule has 0 spiro atoms. The number of aryl methyl sites for hydroxylation is 2. The first-order valence-corrected chi connectivity index (χ1v) is 9.41. The molecule has 2 aromatic rings. The van der Waals surface area contributed by atoms with Gasteiger partial charge in [-0.05, 0) is 67.6 Å². The first-order valence-electron chi connectivity index (χ1n) is 7.94. The van der Waals surface area contributed by atoms with Gasteiger partial charge in [0.2, 0.25) is 0 Å². The highest BCUT2D eigenvalue weighted by Crippen LogP contribution is 2.30. The molecule has 2 aromatic carbocycles. The third-order valence-electron chi connectivity index (χ3n) is 3.89. The van der Waals surface area contributed by atoms with Gasteiger partial charge in [0.1, 0.15) is 0 Å². The summed E-state index contributed by atoms with van der Waals surface area (Å²) in [5.74, 6) is 0.401. The topological polar surface area (TPSA) is 78.6 Å². The predicted molar refractivity (Wildman–Crippen MR) is 101 cm³/mol. The Morgan fingerprint density at radius 2 is 1.56 bits per heavy atom. The van der Waals surface area contributed by atoms with Crippen LogP contribution in [-0.2, 0) is 10.3 Å². The Hall–Kier alpha value is -2.31. The number of hydrogen-bond donors (Lipinski definition) is 1. The van der Waals surface area contributed by atoms with Crippen LogP contribution in [0.1, 0.15) is 34.7 Å². The smallest absolute Gasteiger partial charge is 0.380 e. The molecule has 0 unspecified atom stereocenters. The third-order valence-corrected chi connectivity index (χ3v) is 4.30. The molecule has 0 amide bonds. The standard InChI is InChI=1S/C19H23NO4S/c1-5-23-18-9-8-16(12-19(18)24-25(20,21)22)6-7-17-10-13(2)15(4)14(3)11-17/h6-12H,5H2,1-4H3,(H2,20,21,22)/b7-6+. The molecule has 0 saturated heterocycles. The van der Waals surface area contributed by atoms with Gasteiger partial charge < -0.3 is 8.92 Å². The van der Waals surface area contributed by atoms with Gasteiger partial charge in [-0.15, -0.1) is 0 Å². The van der Waals surface area contributed by atoms with Gasteiger partial charge in [-0.3, -0.25) is 0 Å². The van der Waals surface area contributed by atoms with Gasteiger partial charge in [0.05, 0.1) is 6.61 Å². The van der Waals surface area contributed by atoms with Gasteiger partial charge in [-0.1, -0.05) is 30.4 Å². The minimum absolute atomic E-state index is 0.0720. The van der Waals surface area contributed by atoms with E-state index in [-0.39, 0.29) is 5.75 Å². The Balaban J connectivity index is 2.35. The van der Waals surface area contributed by atoms with Crippen molar-refractivity contribution in [2.75, 3.05) is 6.61 Å². The molecule has 0 heterocycles. The van der Waals surface area contributed by atoms with Crippen LogP contribution in [0.2, 0.25) is 0 Å². The van der Waals surface area contributed by atoms with Crippen LogP contribution in [0.4, 0.5) is 0 Å². The Labute approximate surface area is 149 Å². The molecule has 5 nitrogen and oxygen atoms in total. The maximum absolute atomic E-state index is 11.2. The van der Waals surface area contributed by atoms with Crippen molar-refractivity contribution in [1.82, 2.24) is 0 Å². The molecular weight excluding hydrogens is 338 g/mol. The number of benzene rings is 2. The number of rotatable bonds is 6. The van der Waals surface area contributed by atoms with Crippen molar-refractivity contribution in [2.45, 2.75) is 27.7 Å². The van der Waals surface area contributed by atoms with Gasteiger partial charge in [0, 0.05) is 0 Å². The van der Waals surface area contributed by atoms with Crippen molar-refractivity contribution in [3.63, 3.8) is 0 Å². The molecule has 0 fully saturated rings. The molecule has 0 bridgehead atoms. The number of nitrogens with two attached hydrogens (primary N) is 1. The van der Waals surface area contributed by atoms with Gasteiger partial charge >= 0.3 is 10.3 Å². The van der Waals surface area contributed by atoms with Crippen molar-refractivity contribution in [2.24, 2.45) is 5.14 Å². The maximum atomic E-state index is 11.2. The van der Waals surface area contributed by atoms with Crippen molar-refractivity contribution in [1.29, 1.82) is 0 Å². The highest BCUT2D eigenvalue weighted by Gasteiger charge is 2.12. The molecule has 0 saturated carbocycles. The summed E-state index contributed by atoms with van der Waals surface area (Å²) in [7, 11) is -4.12. The number of ether oxygens (including phenoxy) is 1. The molecule has 0 aromatic heterocycles. The van der Waals surface area contributed by atoms with Crippen LogP contribution in [0.3, 0.4) is 0 Å². The monoisotopic (exact) mass is 361 g/mol. The van der Waals surface area contributed by atoms with Crippen LogP contribution >= 0.6 is 0 Å². The normalized spacial score (nSPS) is 11.7. The molecule has 25 heavy (non-hydrogen) atoms. The Bertz CT molecular complexity index is 879. The minimum atomic E-state index is -4.12. The van der Waals surface area contributed by atoms with E-state index < -0.39 is 10.3 Å². The van der Waals surface area contributed by atoms with Crippen molar-refractivity contribution < 1.29 is 17.3 Å². The van der Waals surface area contributed by atoms with Crippen LogP contribution in [0, 0.1) is 20.8 Å². The lowest BCUT2D eigenvalue weighted by molar-refractivity contribution is 0.327. The zero-order valence-electron chi connectivity index (χ0n) is 14.9.